The van der Waals surface area contributed by atoms with Gasteiger partial charge in [-0.2, -0.15) is 11.3 Å². The van der Waals surface area contributed by atoms with Crippen molar-refractivity contribution in [3.05, 3.63) is 28.8 Å². The Morgan fingerprint density at radius 1 is 1.75 bits per heavy atom. The minimum absolute atomic E-state index is 1.14. The number of hydrogen-bond acceptors (Lipinski definition) is 1. The van der Waals surface area contributed by atoms with Gasteiger partial charge in [-0.05, 0) is 35.2 Å². The van der Waals surface area contributed by atoms with Gasteiger partial charge in [0.25, 0.3) is 0 Å². The third-order valence-corrected chi connectivity index (χ3v) is 1.68. The summed E-state index contributed by atoms with van der Waals surface area (Å²) in [6, 6.07) is 2.13. The molecule has 43 valence electrons. The van der Waals surface area contributed by atoms with Crippen LogP contribution in [0.4, 0.5) is 0 Å². The summed E-state index contributed by atoms with van der Waals surface area (Å²) in [7, 11) is 0. The molecule has 1 heterocycles. The van der Waals surface area contributed by atoms with Crippen molar-refractivity contribution in [2.75, 3.05) is 0 Å². The Balaban J connectivity index is 2.50. The molecule has 0 N–H and O–H groups in total. The number of rotatable bonds is 2. The molecule has 0 saturated carbocycles. The van der Waals surface area contributed by atoms with Crippen molar-refractivity contribution < 1.29 is 0 Å². The third-order valence-electron chi connectivity index (χ3n) is 0.983. The van der Waals surface area contributed by atoms with Crippen LogP contribution in [0.2, 0.25) is 0 Å². The molecule has 0 unspecified atom stereocenters. The second-order valence-electron chi connectivity index (χ2n) is 1.67. The van der Waals surface area contributed by atoms with E-state index in [0.29, 0.717) is 0 Å². The Morgan fingerprint density at radius 3 is 3.12 bits per heavy atom. The molecule has 0 fully saturated rings. The topological polar surface area (TPSA) is 0 Å². The molecule has 1 heteroatoms. The Bertz CT molecular complexity index is 130. The van der Waals surface area contributed by atoms with Gasteiger partial charge in [-0.3, -0.25) is 0 Å². The van der Waals surface area contributed by atoms with Gasteiger partial charge in [-0.25, -0.2) is 0 Å². The molecular formula is C7H9S. The Kier molecular flexibility index (Phi) is 2.10. The van der Waals surface area contributed by atoms with Crippen LogP contribution in [0.25, 0.3) is 0 Å². The second kappa shape index (κ2) is 2.88. The SMILES string of the molecule is CC[CH]c1ccsc1. The van der Waals surface area contributed by atoms with Gasteiger partial charge in [0.05, 0.1) is 0 Å². The molecule has 0 spiro atoms. The minimum Gasteiger partial charge on any atom is -0.152 e. The highest BCUT2D eigenvalue weighted by molar-refractivity contribution is 7.08. The van der Waals surface area contributed by atoms with Crippen LogP contribution in [0.3, 0.4) is 0 Å². The van der Waals surface area contributed by atoms with Gasteiger partial charge < -0.3 is 0 Å². The summed E-state index contributed by atoms with van der Waals surface area (Å²) < 4.78 is 0. The predicted octanol–water partition coefficient (Wildman–Crippen LogP) is 2.71. The second-order valence-corrected chi connectivity index (χ2v) is 2.45. The largest absolute Gasteiger partial charge is 0.152 e. The summed E-state index contributed by atoms with van der Waals surface area (Å²) in [6.45, 7) is 2.15. The molecule has 0 aliphatic rings. The van der Waals surface area contributed by atoms with Crippen molar-refractivity contribution >= 4 is 11.3 Å². The zero-order valence-corrected chi connectivity index (χ0v) is 5.74. The van der Waals surface area contributed by atoms with Crippen LogP contribution in [0.5, 0.6) is 0 Å². The van der Waals surface area contributed by atoms with Crippen LogP contribution < -0.4 is 0 Å². The van der Waals surface area contributed by atoms with Crippen molar-refractivity contribution in [2.24, 2.45) is 0 Å². The first-order valence-corrected chi connectivity index (χ1v) is 3.73. The molecule has 0 amide bonds. The van der Waals surface area contributed by atoms with E-state index in [0.717, 1.165) is 6.42 Å². The zero-order chi connectivity index (χ0) is 5.82. The summed E-state index contributed by atoms with van der Waals surface area (Å²) in [5.74, 6) is 0. The van der Waals surface area contributed by atoms with Crippen molar-refractivity contribution in [3.8, 4) is 0 Å². The normalized spacial score (nSPS) is 9.62. The van der Waals surface area contributed by atoms with E-state index in [-0.39, 0.29) is 0 Å². The van der Waals surface area contributed by atoms with E-state index >= 15 is 0 Å². The van der Waals surface area contributed by atoms with E-state index < -0.39 is 0 Å². The summed E-state index contributed by atoms with van der Waals surface area (Å²) in [5.41, 5.74) is 1.36. The fraction of sp³-hybridized carbons (Fsp3) is 0.286. The molecule has 1 rings (SSSR count). The first-order chi connectivity index (χ1) is 3.93. The van der Waals surface area contributed by atoms with E-state index in [9.17, 15) is 0 Å². The lowest BCUT2D eigenvalue weighted by Gasteiger charge is -1.85. The highest BCUT2D eigenvalue weighted by atomic mass is 32.1. The van der Waals surface area contributed by atoms with Gasteiger partial charge in [-0.15, -0.1) is 0 Å². The number of thiophene rings is 1. The molecular weight excluding hydrogens is 116 g/mol. The van der Waals surface area contributed by atoms with Crippen LogP contribution >= 0.6 is 11.3 Å². The summed E-state index contributed by atoms with van der Waals surface area (Å²) in [4.78, 5) is 0. The quantitative estimate of drug-likeness (QED) is 0.570. The van der Waals surface area contributed by atoms with E-state index in [2.05, 4.69) is 30.2 Å². The van der Waals surface area contributed by atoms with Crippen LogP contribution in [0, 0.1) is 6.42 Å². The zero-order valence-electron chi connectivity index (χ0n) is 4.92. The van der Waals surface area contributed by atoms with Crippen molar-refractivity contribution in [3.63, 3.8) is 0 Å². The van der Waals surface area contributed by atoms with Crippen LogP contribution in [-0.2, 0) is 0 Å². The van der Waals surface area contributed by atoms with Crippen molar-refractivity contribution in [2.45, 2.75) is 13.3 Å². The summed E-state index contributed by atoms with van der Waals surface area (Å²) in [5, 5.41) is 4.25. The summed E-state index contributed by atoms with van der Waals surface area (Å²) in [6.07, 6.45) is 3.35. The molecule has 1 aromatic rings. The average Bonchev–Trinajstić information content (AvgIpc) is 2.19. The molecule has 0 aliphatic carbocycles. The average molecular weight is 125 g/mol. The maximum atomic E-state index is 2.22. The lowest BCUT2D eigenvalue weighted by molar-refractivity contribution is 1.13. The Hall–Kier alpha value is -0.300. The van der Waals surface area contributed by atoms with Gasteiger partial charge in [0.1, 0.15) is 0 Å². The van der Waals surface area contributed by atoms with Gasteiger partial charge in [0.15, 0.2) is 0 Å². The Morgan fingerprint density at radius 2 is 2.62 bits per heavy atom. The maximum Gasteiger partial charge on any atom is -0.00582 e. The highest BCUT2D eigenvalue weighted by Crippen LogP contribution is 2.09. The monoisotopic (exact) mass is 125 g/mol. The van der Waals surface area contributed by atoms with Gasteiger partial charge >= 0.3 is 0 Å². The van der Waals surface area contributed by atoms with E-state index in [1.54, 1.807) is 11.3 Å². The maximum absolute atomic E-state index is 2.22. The molecule has 1 aromatic heterocycles. The smallest absolute Gasteiger partial charge is 0.00582 e. The lowest BCUT2D eigenvalue weighted by Crippen LogP contribution is -1.69. The molecule has 0 aromatic carbocycles. The van der Waals surface area contributed by atoms with Crippen LogP contribution in [0.15, 0.2) is 16.8 Å². The summed E-state index contributed by atoms with van der Waals surface area (Å²) >= 11 is 1.75. The fourth-order valence-corrected chi connectivity index (χ4v) is 1.27. The molecule has 1 radical (unpaired) electrons. The molecule has 0 bridgehead atoms. The van der Waals surface area contributed by atoms with Gasteiger partial charge in [0, 0.05) is 0 Å². The van der Waals surface area contributed by atoms with Gasteiger partial charge in [-0.1, -0.05) is 6.92 Å². The third kappa shape index (κ3) is 1.34. The molecule has 0 aliphatic heterocycles. The van der Waals surface area contributed by atoms with E-state index in [1.165, 1.54) is 5.56 Å². The van der Waals surface area contributed by atoms with E-state index in [1.807, 2.05) is 0 Å². The van der Waals surface area contributed by atoms with Crippen molar-refractivity contribution in [1.29, 1.82) is 0 Å². The number of hydrogen-bond donors (Lipinski definition) is 0. The molecule has 8 heavy (non-hydrogen) atoms. The first-order valence-electron chi connectivity index (χ1n) is 2.79. The van der Waals surface area contributed by atoms with Crippen LogP contribution in [0.1, 0.15) is 18.9 Å². The van der Waals surface area contributed by atoms with Gasteiger partial charge in [0.2, 0.25) is 0 Å². The highest BCUT2D eigenvalue weighted by Gasteiger charge is 1.87. The van der Waals surface area contributed by atoms with Crippen LogP contribution in [-0.4, -0.2) is 0 Å². The first kappa shape index (κ1) is 5.83. The Labute approximate surface area is 54.2 Å². The standard InChI is InChI=1S/C7H9S/c1-2-3-7-4-5-8-6-7/h3-6H,2H2,1H3. The molecule has 0 saturated heterocycles. The van der Waals surface area contributed by atoms with E-state index in [4.69, 9.17) is 0 Å². The lowest BCUT2D eigenvalue weighted by atomic mass is 10.2. The molecule has 0 nitrogen and oxygen atoms in total. The van der Waals surface area contributed by atoms with Crippen molar-refractivity contribution in [1.82, 2.24) is 0 Å². The fourth-order valence-electron chi connectivity index (χ4n) is 0.627. The predicted molar refractivity (Wildman–Crippen MR) is 38.0 cm³/mol. The minimum atomic E-state index is 1.14. The molecule has 0 atom stereocenters.